The van der Waals surface area contributed by atoms with Crippen molar-refractivity contribution in [2.45, 2.75) is 20.0 Å². The molecule has 102 valence electrons. The summed E-state index contributed by atoms with van der Waals surface area (Å²) in [6.45, 7) is 3.16. The number of amides is 1. The molecule has 1 aromatic carbocycles. The SMILES string of the molecule is C/C=C/C(=O)OC(C)C(=O)Nc1cc(Cl)cc(Cl)c1. The monoisotopic (exact) mass is 301 g/mol. The first-order valence-corrected chi connectivity index (χ1v) is 6.28. The van der Waals surface area contributed by atoms with Crippen molar-refractivity contribution in [1.82, 2.24) is 0 Å². The average Bonchev–Trinajstić information content (AvgIpc) is 2.27. The van der Waals surface area contributed by atoms with Gasteiger partial charge in [-0.05, 0) is 32.0 Å². The van der Waals surface area contributed by atoms with Crippen LogP contribution < -0.4 is 5.32 Å². The summed E-state index contributed by atoms with van der Waals surface area (Å²) in [6.07, 6.45) is 1.85. The number of carbonyl (C=O) groups is 2. The van der Waals surface area contributed by atoms with Crippen LogP contribution in [0.5, 0.6) is 0 Å². The van der Waals surface area contributed by atoms with Crippen molar-refractivity contribution in [3.05, 3.63) is 40.4 Å². The van der Waals surface area contributed by atoms with Crippen LogP contribution >= 0.6 is 23.2 Å². The molecule has 0 aromatic heterocycles. The predicted molar refractivity (Wildman–Crippen MR) is 75.5 cm³/mol. The Kier molecular flexibility index (Phi) is 5.86. The topological polar surface area (TPSA) is 55.4 Å². The molecule has 0 saturated carbocycles. The lowest BCUT2D eigenvalue weighted by Crippen LogP contribution is -2.29. The highest BCUT2D eigenvalue weighted by Crippen LogP contribution is 2.22. The molecule has 0 aliphatic heterocycles. The minimum atomic E-state index is -0.915. The van der Waals surface area contributed by atoms with Crippen LogP contribution in [0.4, 0.5) is 5.69 Å². The Hall–Kier alpha value is -1.52. The number of nitrogens with one attached hydrogen (secondary N) is 1. The molecule has 1 N–H and O–H groups in total. The van der Waals surface area contributed by atoms with Gasteiger partial charge in [-0.1, -0.05) is 29.3 Å². The van der Waals surface area contributed by atoms with Crippen LogP contribution in [0, 0.1) is 0 Å². The van der Waals surface area contributed by atoms with E-state index in [9.17, 15) is 9.59 Å². The number of anilines is 1. The molecule has 1 aromatic rings. The van der Waals surface area contributed by atoms with Gasteiger partial charge in [0.2, 0.25) is 0 Å². The van der Waals surface area contributed by atoms with E-state index >= 15 is 0 Å². The number of esters is 1. The van der Waals surface area contributed by atoms with Crippen LogP contribution in [-0.2, 0) is 14.3 Å². The lowest BCUT2D eigenvalue weighted by molar-refractivity contribution is -0.148. The van der Waals surface area contributed by atoms with Gasteiger partial charge in [0.1, 0.15) is 0 Å². The molecule has 19 heavy (non-hydrogen) atoms. The predicted octanol–water partition coefficient (Wildman–Crippen LogP) is 3.44. The third kappa shape index (κ3) is 5.32. The van der Waals surface area contributed by atoms with Crippen molar-refractivity contribution >= 4 is 40.8 Å². The van der Waals surface area contributed by atoms with Gasteiger partial charge in [-0.15, -0.1) is 0 Å². The van der Waals surface area contributed by atoms with Crippen LogP contribution in [0.25, 0.3) is 0 Å². The van der Waals surface area contributed by atoms with E-state index in [1.165, 1.54) is 19.1 Å². The van der Waals surface area contributed by atoms with E-state index in [0.29, 0.717) is 15.7 Å². The average molecular weight is 302 g/mol. The Morgan fingerprint density at radius 2 is 1.84 bits per heavy atom. The first kappa shape index (κ1) is 15.5. The number of hydrogen-bond acceptors (Lipinski definition) is 3. The number of benzene rings is 1. The lowest BCUT2D eigenvalue weighted by Gasteiger charge is -2.12. The van der Waals surface area contributed by atoms with Gasteiger partial charge in [0, 0.05) is 21.8 Å². The second kappa shape index (κ2) is 7.16. The molecule has 0 spiro atoms. The van der Waals surface area contributed by atoms with Gasteiger partial charge in [0.25, 0.3) is 5.91 Å². The maximum atomic E-state index is 11.8. The highest BCUT2D eigenvalue weighted by atomic mass is 35.5. The number of allylic oxidation sites excluding steroid dienone is 1. The molecule has 1 unspecified atom stereocenters. The van der Waals surface area contributed by atoms with Crippen LogP contribution in [-0.4, -0.2) is 18.0 Å². The highest BCUT2D eigenvalue weighted by molar-refractivity contribution is 6.35. The van der Waals surface area contributed by atoms with E-state index in [4.69, 9.17) is 27.9 Å². The van der Waals surface area contributed by atoms with E-state index in [-0.39, 0.29) is 0 Å². The summed E-state index contributed by atoms with van der Waals surface area (Å²) in [7, 11) is 0. The molecule has 0 fully saturated rings. The summed E-state index contributed by atoms with van der Waals surface area (Å²) in [5.74, 6) is -1.04. The van der Waals surface area contributed by atoms with Crippen molar-refractivity contribution in [3.8, 4) is 0 Å². The van der Waals surface area contributed by atoms with Crippen molar-refractivity contribution in [3.63, 3.8) is 0 Å². The van der Waals surface area contributed by atoms with Gasteiger partial charge in [-0.3, -0.25) is 4.79 Å². The molecule has 1 amide bonds. The van der Waals surface area contributed by atoms with Crippen molar-refractivity contribution in [2.24, 2.45) is 0 Å². The van der Waals surface area contributed by atoms with Gasteiger partial charge in [0.15, 0.2) is 6.10 Å². The van der Waals surface area contributed by atoms with Gasteiger partial charge >= 0.3 is 5.97 Å². The molecule has 6 heteroatoms. The minimum absolute atomic E-state index is 0.404. The maximum absolute atomic E-state index is 11.8. The van der Waals surface area contributed by atoms with Crippen LogP contribution in [0.3, 0.4) is 0 Å². The van der Waals surface area contributed by atoms with Gasteiger partial charge in [-0.2, -0.15) is 0 Å². The molecule has 1 atom stereocenters. The van der Waals surface area contributed by atoms with Crippen molar-refractivity contribution in [2.75, 3.05) is 5.32 Å². The second-order valence-electron chi connectivity index (χ2n) is 3.73. The standard InChI is InChI=1S/C13H13Cl2NO3/c1-3-4-12(17)19-8(2)13(18)16-11-6-9(14)5-10(15)7-11/h3-8H,1-2H3,(H,16,18)/b4-3+. The van der Waals surface area contributed by atoms with E-state index in [1.54, 1.807) is 25.1 Å². The number of ether oxygens (including phenoxy) is 1. The molecule has 0 saturated heterocycles. The molecule has 0 aliphatic carbocycles. The summed E-state index contributed by atoms with van der Waals surface area (Å²) >= 11 is 11.6. The molecule has 1 rings (SSSR count). The largest absolute Gasteiger partial charge is 0.449 e. The fraction of sp³-hybridized carbons (Fsp3) is 0.231. The zero-order chi connectivity index (χ0) is 14.4. The number of halogens is 2. The Morgan fingerprint density at radius 1 is 1.26 bits per heavy atom. The van der Waals surface area contributed by atoms with E-state index < -0.39 is 18.0 Å². The van der Waals surface area contributed by atoms with Crippen molar-refractivity contribution in [1.29, 1.82) is 0 Å². The minimum Gasteiger partial charge on any atom is -0.449 e. The first-order chi connectivity index (χ1) is 8.92. The zero-order valence-corrected chi connectivity index (χ0v) is 12.0. The summed E-state index contributed by atoms with van der Waals surface area (Å²) in [5, 5.41) is 3.37. The molecular weight excluding hydrogens is 289 g/mol. The number of rotatable bonds is 4. The quantitative estimate of drug-likeness (QED) is 0.684. The zero-order valence-electron chi connectivity index (χ0n) is 10.4. The normalized spacial score (nSPS) is 12.2. The third-order valence-electron chi connectivity index (χ3n) is 2.09. The van der Waals surface area contributed by atoms with Gasteiger partial charge < -0.3 is 10.1 Å². The first-order valence-electron chi connectivity index (χ1n) is 5.52. The number of hydrogen-bond donors (Lipinski definition) is 1. The summed E-state index contributed by atoms with van der Waals surface area (Å²) in [6, 6.07) is 4.64. The Balaban J connectivity index is 2.66. The summed E-state index contributed by atoms with van der Waals surface area (Å²) in [5.41, 5.74) is 0.441. The fourth-order valence-electron chi connectivity index (χ4n) is 1.27. The molecule has 0 aliphatic rings. The van der Waals surface area contributed by atoms with E-state index in [1.807, 2.05) is 0 Å². The molecule has 0 heterocycles. The molecule has 0 bridgehead atoms. The highest BCUT2D eigenvalue weighted by Gasteiger charge is 2.16. The number of carbonyl (C=O) groups excluding carboxylic acids is 2. The van der Waals surface area contributed by atoms with E-state index in [2.05, 4.69) is 5.32 Å². The summed E-state index contributed by atoms with van der Waals surface area (Å²) in [4.78, 5) is 23.0. The van der Waals surface area contributed by atoms with Gasteiger partial charge in [0.05, 0.1) is 0 Å². The smallest absolute Gasteiger partial charge is 0.331 e. The maximum Gasteiger partial charge on any atom is 0.331 e. The molecular formula is C13H13Cl2NO3. The Morgan fingerprint density at radius 3 is 2.37 bits per heavy atom. The van der Waals surface area contributed by atoms with Crippen LogP contribution in [0.2, 0.25) is 10.0 Å². The van der Waals surface area contributed by atoms with Crippen molar-refractivity contribution < 1.29 is 14.3 Å². The van der Waals surface area contributed by atoms with Crippen LogP contribution in [0.1, 0.15) is 13.8 Å². The lowest BCUT2D eigenvalue weighted by atomic mass is 10.3. The Bertz CT molecular complexity index is 494. The fourth-order valence-corrected chi connectivity index (χ4v) is 1.80. The van der Waals surface area contributed by atoms with E-state index in [0.717, 1.165) is 0 Å². The third-order valence-corrected chi connectivity index (χ3v) is 2.53. The molecule has 0 radical (unpaired) electrons. The molecule has 4 nitrogen and oxygen atoms in total. The second-order valence-corrected chi connectivity index (χ2v) is 4.60. The Labute approximate surface area is 121 Å². The van der Waals surface area contributed by atoms with Crippen LogP contribution in [0.15, 0.2) is 30.4 Å². The van der Waals surface area contributed by atoms with Gasteiger partial charge in [-0.25, -0.2) is 4.79 Å². The summed E-state index contributed by atoms with van der Waals surface area (Å²) < 4.78 is 4.88.